The lowest BCUT2D eigenvalue weighted by molar-refractivity contribution is 0.137. The van der Waals surface area contributed by atoms with E-state index in [1.54, 1.807) is 0 Å². The highest BCUT2D eigenvalue weighted by Gasteiger charge is 2.61. The van der Waals surface area contributed by atoms with Crippen molar-refractivity contribution in [1.29, 1.82) is 0 Å². The van der Waals surface area contributed by atoms with Crippen molar-refractivity contribution in [3.05, 3.63) is 30.1 Å². The molecule has 0 aliphatic heterocycles. The van der Waals surface area contributed by atoms with Crippen LogP contribution in [0.15, 0.2) is 29.4 Å². The Morgan fingerprint density at radius 1 is 1.33 bits per heavy atom. The van der Waals surface area contributed by atoms with Gasteiger partial charge in [-0.2, -0.15) is 0 Å². The highest BCUT2D eigenvalue weighted by molar-refractivity contribution is 5.76. The molecule has 0 N–H and O–H groups in total. The molecule has 2 saturated carbocycles. The molecule has 18 heavy (non-hydrogen) atoms. The topological polar surface area (TPSA) is 25.2 Å². The number of aliphatic imine (C=N–C) groups is 1. The quantitative estimate of drug-likeness (QED) is 0.726. The smallest absolute Gasteiger partial charge is 0.0807 e. The highest BCUT2D eigenvalue weighted by Crippen LogP contribution is 2.66. The van der Waals surface area contributed by atoms with Crippen molar-refractivity contribution in [3.63, 3.8) is 0 Å². The summed E-state index contributed by atoms with van der Waals surface area (Å²) in [7, 11) is 0. The monoisotopic (exact) mass is 242 g/mol. The summed E-state index contributed by atoms with van der Waals surface area (Å²) in [5.74, 6) is 0.855. The molecule has 0 spiro atoms. The van der Waals surface area contributed by atoms with Gasteiger partial charge in [0.15, 0.2) is 0 Å². The summed E-state index contributed by atoms with van der Waals surface area (Å²) in [6.07, 6.45) is 7.77. The summed E-state index contributed by atoms with van der Waals surface area (Å²) in [6, 6.07) is 6.46. The predicted molar refractivity (Wildman–Crippen MR) is 74.8 cm³/mol. The van der Waals surface area contributed by atoms with Crippen LogP contribution in [0.2, 0.25) is 0 Å². The molecule has 96 valence electrons. The molecule has 0 aromatic carbocycles. The Bertz CT molecular complexity index is 463. The fourth-order valence-electron chi connectivity index (χ4n) is 4.01. The molecule has 1 heterocycles. The van der Waals surface area contributed by atoms with Gasteiger partial charge in [-0.25, -0.2) is 0 Å². The standard InChI is InChI=1S/C16H22N2/c1-15(2)12-7-8-16(15,3)14(10-12)18-11-13-6-4-5-9-17-13/h4-6,9,11-12,14H,7-8,10H2,1-3H3/t12-,14-,16+/m1/s1. The Hall–Kier alpha value is -1.18. The van der Waals surface area contributed by atoms with Crippen LogP contribution in [0.3, 0.4) is 0 Å². The Balaban J connectivity index is 1.82. The van der Waals surface area contributed by atoms with Gasteiger partial charge in [0.2, 0.25) is 0 Å². The van der Waals surface area contributed by atoms with Gasteiger partial charge >= 0.3 is 0 Å². The Morgan fingerprint density at radius 2 is 2.17 bits per heavy atom. The maximum atomic E-state index is 4.86. The van der Waals surface area contributed by atoms with Gasteiger partial charge < -0.3 is 0 Å². The number of hydrogen-bond acceptors (Lipinski definition) is 2. The molecule has 2 aliphatic rings. The van der Waals surface area contributed by atoms with Gasteiger partial charge in [0, 0.05) is 12.4 Å². The zero-order chi connectivity index (χ0) is 12.8. The molecule has 0 radical (unpaired) electrons. The second-order valence-electron chi connectivity index (χ2n) is 6.66. The molecule has 1 aromatic heterocycles. The number of aromatic nitrogens is 1. The first kappa shape index (κ1) is 11.9. The van der Waals surface area contributed by atoms with Crippen molar-refractivity contribution in [1.82, 2.24) is 4.98 Å². The lowest BCUT2D eigenvalue weighted by atomic mass is 9.69. The largest absolute Gasteiger partial charge is 0.287 e. The van der Waals surface area contributed by atoms with E-state index in [2.05, 4.69) is 25.8 Å². The van der Waals surface area contributed by atoms with Gasteiger partial charge in [-0.05, 0) is 48.1 Å². The number of pyridine rings is 1. The predicted octanol–water partition coefficient (Wildman–Crippen LogP) is 3.72. The Labute approximate surface area is 110 Å². The van der Waals surface area contributed by atoms with E-state index in [4.69, 9.17) is 4.99 Å². The summed E-state index contributed by atoms with van der Waals surface area (Å²) in [6.45, 7) is 7.29. The molecule has 2 fully saturated rings. The van der Waals surface area contributed by atoms with Gasteiger partial charge in [-0.3, -0.25) is 9.98 Å². The van der Waals surface area contributed by atoms with Crippen LogP contribution in [0.4, 0.5) is 0 Å². The average molecular weight is 242 g/mol. The third kappa shape index (κ3) is 1.54. The normalized spacial score (nSPS) is 37.5. The second kappa shape index (κ2) is 3.91. The van der Waals surface area contributed by atoms with E-state index in [0.29, 0.717) is 16.9 Å². The minimum atomic E-state index is 0.378. The number of nitrogens with zero attached hydrogens (tertiary/aromatic N) is 2. The SMILES string of the molecule is CC1(C)[C@@H]2CC[C@@]1(C)[C@H](N=Cc1ccccn1)C2. The molecule has 3 atom stereocenters. The lowest BCUT2D eigenvalue weighted by Gasteiger charge is -2.37. The maximum Gasteiger partial charge on any atom is 0.0807 e. The van der Waals surface area contributed by atoms with Crippen molar-refractivity contribution in [3.8, 4) is 0 Å². The van der Waals surface area contributed by atoms with E-state index in [9.17, 15) is 0 Å². The van der Waals surface area contributed by atoms with Crippen molar-refractivity contribution in [2.45, 2.75) is 46.1 Å². The van der Waals surface area contributed by atoms with Crippen LogP contribution in [0.1, 0.15) is 45.7 Å². The van der Waals surface area contributed by atoms with Gasteiger partial charge in [-0.15, -0.1) is 0 Å². The van der Waals surface area contributed by atoms with Crippen LogP contribution < -0.4 is 0 Å². The van der Waals surface area contributed by atoms with Crippen LogP contribution >= 0.6 is 0 Å². The van der Waals surface area contributed by atoms with Crippen molar-refractivity contribution in [2.24, 2.45) is 21.7 Å². The van der Waals surface area contributed by atoms with Gasteiger partial charge in [-0.1, -0.05) is 26.8 Å². The average Bonchev–Trinajstić information content (AvgIpc) is 2.70. The van der Waals surface area contributed by atoms with Crippen LogP contribution in [-0.2, 0) is 0 Å². The highest BCUT2D eigenvalue weighted by atomic mass is 14.9. The number of hydrogen-bond donors (Lipinski definition) is 0. The fourth-order valence-corrected chi connectivity index (χ4v) is 4.01. The van der Waals surface area contributed by atoms with Crippen molar-refractivity contribution < 1.29 is 0 Å². The van der Waals surface area contributed by atoms with Crippen LogP contribution in [0.5, 0.6) is 0 Å². The zero-order valence-corrected chi connectivity index (χ0v) is 11.6. The molecule has 2 aliphatic carbocycles. The van der Waals surface area contributed by atoms with E-state index in [1.165, 1.54) is 19.3 Å². The first-order valence-corrected chi connectivity index (χ1v) is 6.98. The summed E-state index contributed by atoms with van der Waals surface area (Å²) >= 11 is 0. The first-order chi connectivity index (χ1) is 8.54. The third-order valence-corrected chi connectivity index (χ3v) is 5.82. The molecule has 0 unspecified atom stereocenters. The van der Waals surface area contributed by atoms with Crippen LogP contribution in [-0.4, -0.2) is 17.2 Å². The molecule has 0 saturated heterocycles. The number of fused-ring (bicyclic) bond motifs is 2. The molecule has 1 aromatic rings. The fraction of sp³-hybridized carbons (Fsp3) is 0.625. The third-order valence-electron chi connectivity index (χ3n) is 5.82. The Kier molecular flexibility index (Phi) is 2.58. The second-order valence-corrected chi connectivity index (χ2v) is 6.66. The summed E-state index contributed by atoms with van der Waals surface area (Å²) in [4.78, 5) is 9.17. The molecular formula is C16H22N2. The van der Waals surface area contributed by atoms with Gasteiger partial charge in [0.25, 0.3) is 0 Å². The molecule has 3 rings (SSSR count). The maximum absolute atomic E-state index is 4.86. The van der Waals surface area contributed by atoms with Crippen molar-refractivity contribution in [2.75, 3.05) is 0 Å². The number of rotatable bonds is 2. The summed E-state index contributed by atoms with van der Waals surface area (Å²) in [5.41, 5.74) is 1.80. The molecule has 2 bridgehead atoms. The molecule has 2 heteroatoms. The first-order valence-electron chi connectivity index (χ1n) is 6.98. The van der Waals surface area contributed by atoms with Gasteiger partial charge in [0.05, 0.1) is 11.7 Å². The Morgan fingerprint density at radius 3 is 2.72 bits per heavy atom. The summed E-state index contributed by atoms with van der Waals surface area (Å²) in [5, 5.41) is 0. The van der Waals surface area contributed by atoms with E-state index in [0.717, 1.165) is 11.6 Å². The van der Waals surface area contributed by atoms with Crippen LogP contribution in [0, 0.1) is 16.7 Å². The molecule has 0 amide bonds. The van der Waals surface area contributed by atoms with E-state index >= 15 is 0 Å². The van der Waals surface area contributed by atoms with Crippen molar-refractivity contribution >= 4 is 6.21 Å². The lowest BCUT2D eigenvalue weighted by Crippen LogP contribution is -2.34. The summed E-state index contributed by atoms with van der Waals surface area (Å²) < 4.78 is 0. The molecular weight excluding hydrogens is 220 g/mol. The zero-order valence-electron chi connectivity index (χ0n) is 11.6. The van der Waals surface area contributed by atoms with E-state index in [1.807, 2.05) is 30.6 Å². The van der Waals surface area contributed by atoms with Crippen LogP contribution in [0.25, 0.3) is 0 Å². The molecule has 2 nitrogen and oxygen atoms in total. The minimum absolute atomic E-state index is 0.378. The van der Waals surface area contributed by atoms with E-state index in [-0.39, 0.29) is 0 Å². The van der Waals surface area contributed by atoms with E-state index < -0.39 is 0 Å². The van der Waals surface area contributed by atoms with Gasteiger partial charge in [0.1, 0.15) is 0 Å². The minimum Gasteiger partial charge on any atom is -0.287 e.